The van der Waals surface area contributed by atoms with E-state index in [9.17, 15) is 0 Å². The summed E-state index contributed by atoms with van der Waals surface area (Å²) in [5.74, 6) is 1.60. The summed E-state index contributed by atoms with van der Waals surface area (Å²) in [4.78, 5) is 0. The maximum absolute atomic E-state index is 5.46. The van der Waals surface area contributed by atoms with Gasteiger partial charge in [0.15, 0.2) is 11.6 Å². The third kappa shape index (κ3) is 4.94. The minimum absolute atomic E-state index is 0.796. The van der Waals surface area contributed by atoms with Gasteiger partial charge in [-0.25, -0.2) is 0 Å². The van der Waals surface area contributed by atoms with Crippen LogP contribution in [0.15, 0.2) is 200 Å². The zero-order valence-corrected chi connectivity index (χ0v) is 39.5. The number of aromatic nitrogens is 5. The van der Waals surface area contributed by atoms with Gasteiger partial charge in [-0.2, -0.15) is 0 Å². The summed E-state index contributed by atoms with van der Waals surface area (Å²) in [7, 11) is 0. The maximum atomic E-state index is 5.46. The van der Waals surface area contributed by atoms with Crippen molar-refractivity contribution in [2.45, 2.75) is 0 Å². The van der Waals surface area contributed by atoms with Crippen LogP contribution in [0.5, 0.6) is 0 Å². The maximum Gasteiger partial charge on any atom is 0.168 e. The fourth-order valence-corrected chi connectivity index (χ4v) is 15.3. The lowest BCUT2D eigenvalue weighted by Gasteiger charge is -2.16. The average Bonchev–Trinajstić information content (AvgIpc) is 4.25. The molecule has 0 spiro atoms. The summed E-state index contributed by atoms with van der Waals surface area (Å²) in [6.45, 7) is 0. The van der Waals surface area contributed by atoms with Gasteiger partial charge in [0.05, 0.1) is 33.1 Å². The van der Waals surface area contributed by atoms with Gasteiger partial charge in [0.2, 0.25) is 0 Å². The van der Waals surface area contributed by atoms with E-state index in [4.69, 9.17) is 10.2 Å². The standard InChI is InChI=1S/C62H33N5S3/c1-7-19-49-35(13-1)42-31-58-45(38-16-4-10-22-55(38)68-58)28-52(42)65(49)34-25-26-41-48(27-34)62(67-51-21-9-3-15-37(51)44-33-60-47(30-54(44)67)40-18-6-12-24-57(40)70-60)64-63-61(41)66-50-20-8-2-14-36(50)43-32-59-46(29-53(43)66)39-17-5-11-23-56(39)69-59/h1-33H. The van der Waals surface area contributed by atoms with Crippen molar-refractivity contribution >= 4 is 171 Å². The molecule has 17 rings (SSSR count). The quantitative estimate of drug-likeness (QED) is 0.177. The second-order valence-corrected chi connectivity index (χ2v) is 21.8. The summed E-state index contributed by atoms with van der Waals surface area (Å²) < 4.78 is 15.0. The number of rotatable bonds is 3. The second kappa shape index (κ2) is 13.6. The molecule has 324 valence electrons. The third-order valence-electron chi connectivity index (χ3n) is 14.9. The highest BCUT2D eigenvalue weighted by Gasteiger charge is 2.24. The molecular weight excluding hydrogens is 911 g/mol. The van der Waals surface area contributed by atoms with Crippen LogP contribution in [0.2, 0.25) is 0 Å². The van der Waals surface area contributed by atoms with E-state index >= 15 is 0 Å². The molecule has 0 aliphatic heterocycles. The van der Waals surface area contributed by atoms with E-state index in [1.165, 1.54) is 104 Å². The molecule has 7 heterocycles. The fraction of sp³-hybridized carbons (Fsp3) is 0. The minimum Gasteiger partial charge on any atom is -0.309 e. The monoisotopic (exact) mass is 943 g/mol. The van der Waals surface area contributed by atoms with Gasteiger partial charge >= 0.3 is 0 Å². The molecule has 0 amide bonds. The number of thiophene rings is 3. The first-order chi connectivity index (χ1) is 34.7. The number of para-hydroxylation sites is 3. The molecule has 10 aromatic carbocycles. The lowest BCUT2D eigenvalue weighted by atomic mass is 10.1. The highest BCUT2D eigenvalue weighted by Crippen LogP contribution is 2.46. The van der Waals surface area contributed by atoms with E-state index in [0.29, 0.717) is 0 Å². The molecule has 0 aliphatic carbocycles. The normalized spacial score (nSPS) is 12.6. The SMILES string of the molecule is c1ccc2c(c1)sc1cc3c4ccccc4n(-c4ccc5c(-n6c7ccccc7c7cc8sc9ccccc9c8cc76)nnc(-n6c7ccccc7c7cc8sc9ccccc9c8cc76)c5c4)c3cc12. The third-order valence-corrected chi connectivity index (χ3v) is 18.3. The van der Waals surface area contributed by atoms with E-state index in [0.717, 1.165) is 50.2 Å². The van der Waals surface area contributed by atoms with Gasteiger partial charge in [0.1, 0.15) is 0 Å². The molecule has 8 heteroatoms. The highest BCUT2D eigenvalue weighted by atomic mass is 32.1. The van der Waals surface area contributed by atoms with Gasteiger partial charge < -0.3 is 4.57 Å². The first-order valence-electron chi connectivity index (χ1n) is 23.6. The van der Waals surface area contributed by atoms with Crippen molar-refractivity contribution in [2.24, 2.45) is 0 Å². The van der Waals surface area contributed by atoms with Crippen LogP contribution in [0.4, 0.5) is 0 Å². The topological polar surface area (TPSA) is 40.6 Å². The van der Waals surface area contributed by atoms with E-state index in [1.807, 2.05) is 34.0 Å². The van der Waals surface area contributed by atoms with E-state index in [-0.39, 0.29) is 0 Å². The van der Waals surface area contributed by atoms with E-state index in [1.54, 1.807) is 0 Å². The molecule has 7 aromatic heterocycles. The van der Waals surface area contributed by atoms with Crippen molar-refractivity contribution in [3.63, 3.8) is 0 Å². The van der Waals surface area contributed by atoms with Crippen molar-refractivity contribution < 1.29 is 0 Å². The Bertz CT molecular complexity index is 5150. The Kier molecular flexibility index (Phi) is 7.32. The van der Waals surface area contributed by atoms with Crippen LogP contribution >= 0.6 is 34.0 Å². The van der Waals surface area contributed by atoms with Crippen LogP contribution in [0.3, 0.4) is 0 Å². The molecule has 5 nitrogen and oxygen atoms in total. The molecule has 0 unspecified atom stereocenters. The summed E-state index contributed by atoms with van der Waals surface area (Å²) in [6, 6.07) is 74.1. The van der Waals surface area contributed by atoms with Crippen LogP contribution in [0.1, 0.15) is 0 Å². The molecule has 0 N–H and O–H groups in total. The summed E-state index contributed by atoms with van der Waals surface area (Å²) in [6.07, 6.45) is 0. The van der Waals surface area contributed by atoms with Gasteiger partial charge in [-0.15, -0.1) is 44.2 Å². The first kappa shape index (κ1) is 37.6. The molecule has 0 atom stereocenters. The molecule has 0 radical (unpaired) electrons. The zero-order valence-electron chi connectivity index (χ0n) is 37.0. The van der Waals surface area contributed by atoms with Crippen LogP contribution < -0.4 is 0 Å². The molecule has 0 saturated carbocycles. The van der Waals surface area contributed by atoms with Crippen molar-refractivity contribution in [1.82, 2.24) is 23.9 Å². The van der Waals surface area contributed by atoms with Crippen molar-refractivity contribution in [3.8, 4) is 17.3 Å². The molecule has 0 bridgehead atoms. The predicted molar refractivity (Wildman–Crippen MR) is 301 cm³/mol. The Morgan fingerprint density at radius 2 is 0.586 bits per heavy atom. The molecule has 0 fully saturated rings. The van der Waals surface area contributed by atoms with Crippen LogP contribution in [-0.4, -0.2) is 23.9 Å². The van der Waals surface area contributed by atoms with Gasteiger partial charge in [-0.3, -0.25) is 9.13 Å². The van der Waals surface area contributed by atoms with Gasteiger partial charge in [-0.05, 0) is 91.0 Å². The van der Waals surface area contributed by atoms with E-state index < -0.39 is 0 Å². The Hall–Kier alpha value is -8.40. The second-order valence-electron chi connectivity index (χ2n) is 18.5. The van der Waals surface area contributed by atoms with Gasteiger partial charge in [0.25, 0.3) is 0 Å². The molecule has 70 heavy (non-hydrogen) atoms. The Morgan fingerprint density at radius 3 is 1.03 bits per heavy atom. The Labute approximate surface area is 409 Å². The predicted octanol–water partition coefficient (Wildman–Crippen LogP) is 18.0. The van der Waals surface area contributed by atoms with Crippen LogP contribution in [-0.2, 0) is 0 Å². The Morgan fingerprint density at radius 1 is 0.229 bits per heavy atom. The van der Waals surface area contributed by atoms with Crippen LogP contribution in [0.25, 0.3) is 154 Å². The molecule has 17 aromatic rings. The van der Waals surface area contributed by atoms with Gasteiger partial charge in [-0.1, -0.05) is 109 Å². The number of fused-ring (bicyclic) bond motifs is 19. The van der Waals surface area contributed by atoms with Crippen LogP contribution in [0, 0.1) is 0 Å². The average molecular weight is 944 g/mol. The number of hydrogen-bond acceptors (Lipinski definition) is 5. The smallest absolute Gasteiger partial charge is 0.168 e. The number of hydrogen-bond donors (Lipinski definition) is 0. The Balaban J connectivity index is 1.02. The number of nitrogens with zero attached hydrogens (tertiary/aromatic N) is 5. The highest BCUT2D eigenvalue weighted by molar-refractivity contribution is 7.26. The molecule has 0 saturated heterocycles. The molecule has 0 aliphatic rings. The number of benzene rings is 10. The van der Waals surface area contributed by atoms with Crippen molar-refractivity contribution in [1.29, 1.82) is 0 Å². The summed E-state index contributed by atoms with van der Waals surface area (Å²) in [5, 5.41) is 27.8. The first-order valence-corrected chi connectivity index (χ1v) is 26.0. The lowest BCUT2D eigenvalue weighted by Crippen LogP contribution is -2.07. The largest absolute Gasteiger partial charge is 0.309 e. The van der Waals surface area contributed by atoms with E-state index in [2.05, 4.69) is 214 Å². The summed E-state index contributed by atoms with van der Waals surface area (Å²) in [5.41, 5.74) is 7.84. The van der Waals surface area contributed by atoms with Crippen molar-refractivity contribution in [2.75, 3.05) is 0 Å². The van der Waals surface area contributed by atoms with Crippen molar-refractivity contribution in [3.05, 3.63) is 200 Å². The minimum atomic E-state index is 0.796. The summed E-state index contributed by atoms with van der Waals surface area (Å²) >= 11 is 5.59. The fourth-order valence-electron chi connectivity index (χ4n) is 11.9. The van der Waals surface area contributed by atoms with Gasteiger partial charge in [0, 0.05) is 109 Å². The molecular formula is C62H33N5S3. The lowest BCUT2D eigenvalue weighted by molar-refractivity contribution is 0.929. The zero-order chi connectivity index (χ0) is 45.3.